The predicted octanol–water partition coefficient (Wildman–Crippen LogP) is 2.74. The molecule has 3 N–H and O–H groups in total. The Bertz CT molecular complexity index is 1180. The molecule has 9 heteroatoms. The second-order valence-electron chi connectivity index (χ2n) is 9.85. The van der Waals surface area contributed by atoms with Crippen molar-refractivity contribution in [2.75, 3.05) is 32.7 Å². The number of nitrogens with zero attached hydrogens (tertiary/aromatic N) is 3. The van der Waals surface area contributed by atoms with Crippen molar-refractivity contribution >= 4 is 23.3 Å². The number of aromatic amines is 1. The first-order valence-electron chi connectivity index (χ1n) is 12.6. The van der Waals surface area contributed by atoms with Gasteiger partial charge in [-0.2, -0.15) is 5.10 Å². The molecule has 2 aromatic carbocycles. The number of carboxylic acid groups (broad SMARTS) is 1. The fourth-order valence-corrected chi connectivity index (χ4v) is 5.68. The summed E-state index contributed by atoms with van der Waals surface area (Å²) in [4.78, 5) is 26.3. The molecule has 5 heterocycles. The van der Waals surface area contributed by atoms with Gasteiger partial charge in [-0.15, -0.1) is 0 Å². The van der Waals surface area contributed by atoms with Gasteiger partial charge in [-0.05, 0) is 62.0 Å². The van der Waals surface area contributed by atoms with Crippen LogP contribution in [-0.4, -0.2) is 82.4 Å². The molecule has 36 heavy (non-hydrogen) atoms. The Morgan fingerprint density at radius 3 is 2.61 bits per heavy atom. The van der Waals surface area contributed by atoms with E-state index in [-0.39, 0.29) is 24.5 Å². The van der Waals surface area contributed by atoms with Crippen LogP contribution < -0.4 is 10.1 Å². The van der Waals surface area contributed by atoms with Crippen LogP contribution in [0.4, 0.5) is 0 Å². The molecule has 190 valence electrons. The van der Waals surface area contributed by atoms with Gasteiger partial charge in [-0.25, -0.2) is 0 Å². The number of aromatic nitrogens is 2. The molecule has 2 bridgehead atoms. The quantitative estimate of drug-likeness (QED) is 0.455. The first kappa shape index (κ1) is 24.3. The number of H-pyrrole nitrogens is 1. The number of hydrogen-bond acceptors (Lipinski definition) is 6. The number of likely N-dealkylation sites (tertiary alicyclic amines) is 1. The number of fused-ring (bicyclic) bond motifs is 4. The first-order valence-corrected chi connectivity index (χ1v) is 12.6. The van der Waals surface area contributed by atoms with E-state index in [0.29, 0.717) is 11.6 Å². The molecule has 2 atom stereocenters. The highest BCUT2D eigenvalue weighted by Gasteiger charge is 2.35. The summed E-state index contributed by atoms with van der Waals surface area (Å²) in [5.74, 6) is 1.30. The van der Waals surface area contributed by atoms with E-state index in [1.165, 1.54) is 18.4 Å². The van der Waals surface area contributed by atoms with E-state index < -0.39 is 0 Å². The lowest BCUT2D eigenvalue weighted by atomic mass is 9.84. The van der Waals surface area contributed by atoms with Gasteiger partial charge in [0.1, 0.15) is 11.9 Å². The third kappa shape index (κ3) is 5.52. The van der Waals surface area contributed by atoms with Crippen LogP contribution in [0.5, 0.6) is 5.75 Å². The molecule has 1 amide bonds. The smallest absolute Gasteiger partial charge is 0.290 e. The monoisotopic (exact) mass is 491 g/mol. The normalized spacial score (nSPS) is 25.2. The zero-order chi connectivity index (χ0) is 24.9. The number of carbonyl (C=O) groups excluding carboxylic acids is 1. The van der Waals surface area contributed by atoms with Crippen molar-refractivity contribution in [1.82, 2.24) is 25.3 Å². The zero-order valence-electron chi connectivity index (χ0n) is 20.3. The maximum atomic E-state index is 13.1. The van der Waals surface area contributed by atoms with Gasteiger partial charge in [0.25, 0.3) is 12.4 Å². The van der Waals surface area contributed by atoms with Crippen LogP contribution in [0.15, 0.2) is 48.5 Å². The van der Waals surface area contributed by atoms with Crippen molar-refractivity contribution in [3.8, 4) is 5.75 Å². The maximum Gasteiger partial charge on any atom is 0.290 e. The molecule has 0 radical (unpaired) electrons. The highest BCUT2D eigenvalue weighted by molar-refractivity contribution is 6.05. The van der Waals surface area contributed by atoms with Crippen molar-refractivity contribution in [3.05, 3.63) is 59.8 Å². The maximum absolute atomic E-state index is 13.1. The molecule has 0 saturated carbocycles. The van der Waals surface area contributed by atoms with E-state index in [0.717, 1.165) is 62.3 Å². The van der Waals surface area contributed by atoms with Crippen LogP contribution in [0.3, 0.4) is 0 Å². The minimum Gasteiger partial charge on any atom is -0.489 e. The summed E-state index contributed by atoms with van der Waals surface area (Å²) >= 11 is 0. The Labute approximate surface area is 210 Å². The summed E-state index contributed by atoms with van der Waals surface area (Å²) in [6.07, 6.45) is 3.51. The summed E-state index contributed by atoms with van der Waals surface area (Å²) in [5.41, 5.74) is 2.65. The topological polar surface area (TPSA) is 111 Å². The summed E-state index contributed by atoms with van der Waals surface area (Å²) in [7, 11) is 0. The number of carbonyl (C=O) groups is 2. The zero-order valence-corrected chi connectivity index (χ0v) is 20.3. The molecule has 3 aromatic rings. The van der Waals surface area contributed by atoms with Gasteiger partial charge < -0.3 is 20.1 Å². The summed E-state index contributed by atoms with van der Waals surface area (Å²) < 4.78 is 6.32. The lowest BCUT2D eigenvalue weighted by molar-refractivity contribution is -0.122. The molecular weight excluding hydrogens is 458 g/mol. The number of benzene rings is 2. The van der Waals surface area contributed by atoms with E-state index in [9.17, 15) is 4.79 Å². The Kier molecular flexibility index (Phi) is 7.48. The summed E-state index contributed by atoms with van der Waals surface area (Å²) in [6.45, 7) is 5.91. The minimum atomic E-state index is -0.250. The Morgan fingerprint density at radius 1 is 1.11 bits per heavy atom. The number of rotatable bonds is 6. The largest absolute Gasteiger partial charge is 0.489 e. The molecule has 9 nitrogen and oxygen atoms in total. The van der Waals surface area contributed by atoms with Crippen LogP contribution in [0.2, 0.25) is 0 Å². The number of nitrogens with one attached hydrogen (secondary N) is 2. The fraction of sp³-hybridized carbons (Fsp3) is 0.444. The number of piperidine rings is 3. The van der Waals surface area contributed by atoms with Crippen molar-refractivity contribution in [2.45, 2.75) is 38.0 Å². The third-order valence-electron chi connectivity index (χ3n) is 7.50. The van der Waals surface area contributed by atoms with E-state index in [1.54, 1.807) is 0 Å². The van der Waals surface area contributed by atoms with E-state index in [2.05, 4.69) is 55.6 Å². The van der Waals surface area contributed by atoms with Gasteiger partial charge >= 0.3 is 0 Å². The minimum absolute atomic E-state index is 0.0907. The van der Waals surface area contributed by atoms with Gasteiger partial charge in [-0.3, -0.25) is 19.6 Å². The van der Waals surface area contributed by atoms with Gasteiger partial charge in [-0.1, -0.05) is 30.3 Å². The lowest BCUT2D eigenvalue weighted by Crippen LogP contribution is -2.57. The van der Waals surface area contributed by atoms with Crippen LogP contribution in [0, 0.1) is 5.92 Å². The first-order chi connectivity index (χ1) is 17.6. The Morgan fingerprint density at radius 2 is 1.89 bits per heavy atom. The van der Waals surface area contributed by atoms with Gasteiger partial charge in [0, 0.05) is 37.6 Å². The molecular formula is C27H33N5O4. The lowest BCUT2D eigenvalue weighted by Gasteiger charge is -2.44. The van der Waals surface area contributed by atoms with Crippen molar-refractivity contribution < 1.29 is 19.4 Å². The summed E-state index contributed by atoms with van der Waals surface area (Å²) in [5, 5.41) is 18.3. The number of ether oxygens (including phenoxy) is 1. The predicted molar refractivity (Wildman–Crippen MR) is 136 cm³/mol. The van der Waals surface area contributed by atoms with Gasteiger partial charge in [0.05, 0.1) is 5.52 Å². The molecule has 0 aliphatic carbocycles. The molecule has 0 spiro atoms. The van der Waals surface area contributed by atoms with Crippen LogP contribution >= 0.6 is 0 Å². The van der Waals surface area contributed by atoms with Gasteiger partial charge in [0.15, 0.2) is 5.69 Å². The second kappa shape index (κ2) is 11.1. The molecule has 4 aliphatic heterocycles. The highest BCUT2D eigenvalue weighted by atomic mass is 16.5. The van der Waals surface area contributed by atoms with Crippen LogP contribution in [0.25, 0.3) is 10.9 Å². The van der Waals surface area contributed by atoms with E-state index in [1.807, 2.05) is 18.2 Å². The Balaban J connectivity index is 0.000000848. The second-order valence-corrected chi connectivity index (χ2v) is 9.85. The fourth-order valence-electron chi connectivity index (χ4n) is 5.68. The summed E-state index contributed by atoms with van der Waals surface area (Å²) in [6, 6.07) is 16.7. The van der Waals surface area contributed by atoms with Gasteiger partial charge in [0.2, 0.25) is 0 Å². The van der Waals surface area contributed by atoms with Crippen LogP contribution in [0.1, 0.15) is 35.3 Å². The number of amides is 1. The van der Waals surface area contributed by atoms with E-state index in [4.69, 9.17) is 14.6 Å². The van der Waals surface area contributed by atoms with Crippen LogP contribution in [-0.2, 0) is 11.3 Å². The van der Waals surface area contributed by atoms with Crippen molar-refractivity contribution in [2.24, 2.45) is 5.92 Å². The Hall–Kier alpha value is -3.43. The molecule has 1 aromatic heterocycles. The molecule has 4 fully saturated rings. The average Bonchev–Trinajstić information content (AvgIpc) is 3.52. The SMILES string of the molecule is O=C(N[C@@H]1CN2CCC1CC2)c1n[nH]c2ccc(OC3CCN(Cc4ccccc4)C3)cc12.O=CO. The van der Waals surface area contributed by atoms with E-state index >= 15 is 0 Å². The highest BCUT2D eigenvalue weighted by Crippen LogP contribution is 2.29. The molecule has 4 saturated heterocycles. The third-order valence-corrected chi connectivity index (χ3v) is 7.50. The molecule has 4 aliphatic rings. The van der Waals surface area contributed by atoms with Crippen molar-refractivity contribution in [3.63, 3.8) is 0 Å². The number of hydrogen-bond donors (Lipinski definition) is 3. The molecule has 7 rings (SSSR count). The van der Waals surface area contributed by atoms with Crippen molar-refractivity contribution in [1.29, 1.82) is 0 Å². The molecule has 1 unspecified atom stereocenters. The standard InChI is InChI=1S/C26H31N5O2.CH2O2/c32-26(27-24-17-30-11-8-19(24)9-12-30)25-22-14-20(6-7-23(22)28-29-25)33-21-10-13-31(16-21)15-18-4-2-1-3-5-18;2-1-3/h1-7,14,19,21,24H,8-13,15-17H2,(H,27,32)(H,28,29);1H,(H,2,3)/t21?,24-;/m1./s1. The average molecular weight is 492 g/mol.